The maximum atomic E-state index is 15.3. The van der Waals surface area contributed by atoms with Crippen LogP contribution in [0.1, 0.15) is 23.7 Å². The van der Waals surface area contributed by atoms with Gasteiger partial charge >= 0.3 is 29.6 Å². The number of anilines is 1. The Morgan fingerprint density at radius 2 is 1.96 bits per heavy atom. The summed E-state index contributed by atoms with van der Waals surface area (Å²) in [6.07, 6.45) is 0.563. The number of benzene rings is 1. The smallest absolute Gasteiger partial charge is 0.543 e. The van der Waals surface area contributed by atoms with E-state index >= 15 is 8.78 Å². The number of nitrogens with zero attached hydrogens (tertiary/aromatic N) is 4. The Hall–Kier alpha value is -2.86. The number of amides is 1. The summed E-state index contributed by atoms with van der Waals surface area (Å²) >= 11 is 1.53. The van der Waals surface area contributed by atoms with E-state index in [1.165, 1.54) is 6.92 Å². The van der Waals surface area contributed by atoms with Crippen molar-refractivity contribution in [1.29, 1.82) is 0 Å². The fourth-order valence-corrected chi connectivity index (χ4v) is 8.11. The van der Waals surface area contributed by atoms with Crippen LogP contribution in [0.2, 0.25) is 0 Å². The van der Waals surface area contributed by atoms with Crippen molar-refractivity contribution in [2.24, 2.45) is 11.7 Å². The predicted molar refractivity (Wildman–Crippen MR) is 154 cm³/mol. The van der Waals surface area contributed by atoms with Gasteiger partial charge in [-0.15, -0.1) is 11.8 Å². The van der Waals surface area contributed by atoms with Crippen LogP contribution in [0.15, 0.2) is 45.9 Å². The number of fused-ring (bicyclic) bond motifs is 2. The molecule has 0 saturated carbocycles. The van der Waals surface area contributed by atoms with Gasteiger partial charge in [0.2, 0.25) is 16.5 Å². The number of carboxylic acid groups (broad SMARTS) is 1. The fraction of sp³-hybridized carbons (Fsp3) is 0.321. The molecule has 5 heterocycles. The Morgan fingerprint density at radius 3 is 2.58 bits per heavy atom. The van der Waals surface area contributed by atoms with Gasteiger partial charge in [-0.1, -0.05) is 11.8 Å². The van der Waals surface area contributed by atoms with Crippen LogP contribution in [0.4, 0.5) is 19.0 Å². The maximum Gasteiger partial charge on any atom is 1.00 e. The van der Waals surface area contributed by atoms with Gasteiger partial charge < -0.3 is 25.6 Å². The monoisotopic (exact) mass is 669 g/mol. The number of halogens is 3. The zero-order chi connectivity index (χ0) is 31.6. The SMILES string of the molecule is C[C@@H](O)[C@@H]1C(=O)N2C(C(=O)[O-])=C(CSC(=O)c3cn(-c4ccc(F)cc4F)c4nc(N5CCC(N)C5)c(F)cc4c3=O)S[C@H]12.[Na+]. The molecule has 0 aliphatic carbocycles. The van der Waals surface area contributed by atoms with E-state index in [0.717, 1.165) is 45.6 Å². The summed E-state index contributed by atoms with van der Waals surface area (Å²) in [5.74, 6) is -6.24. The largest absolute Gasteiger partial charge is 1.00 e. The molecule has 1 aromatic carbocycles. The van der Waals surface area contributed by atoms with Crippen LogP contribution in [0.25, 0.3) is 16.7 Å². The van der Waals surface area contributed by atoms with Gasteiger partial charge in [-0.2, -0.15) is 0 Å². The second-order valence-corrected chi connectivity index (χ2v) is 12.8. The molecule has 0 bridgehead atoms. The van der Waals surface area contributed by atoms with Gasteiger partial charge in [0.05, 0.1) is 40.3 Å². The first-order valence-corrected chi connectivity index (χ1v) is 15.2. The van der Waals surface area contributed by atoms with Gasteiger partial charge in [0, 0.05) is 42.1 Å². The summed E-state index contributed by atoms with van der Waals surface area (Å²) in [6, 6.07) is 3.34. The first kappa shape index (κ1) is 33.5. The number of hydrogen-bond donors (Lipinski definition) is 2. The normalized spacial score (nSPS) is 21.6. The molecule has 6 rings (SSSR count). The van der Waals surface area contributed by atoms with Crippen LogP contribution in [-0.2, 0) is 9.59 Å². The number of carbonyl (C=O) groups excluding carboxylic acids is 3. The molecule has 4 atom stereocenters. The number of hydrogen-bond acceptors (Lipinski definition) is 11. The number of carboxylic acids is 1. The van der Waals surface area contributed by atoms with Gasteiger partial charge in [0.15, 0.2) is 17.3 Å². The number of carbonyl (C=O) groups is 3. The summed E-state index contributed by atoms with van der Waals surface area (Å²) < 4.78 is 45.2. The third kappa shape index (κ3) is 5.81. The zero-order valence-corrected chi connectivity index (χ0v) is 27.5. The number of aliphatic hydroxyl groups excluding tert-OH is 1. The standard InChI is InChI=1S/C28H24F3N5O6S2.Na/c1-11(37)20-25(39)36-21(27(40)41)19(44-26(20)36)10-43-28(42)15-9-35(18-3-2-12(29)6-16(18)30)23-14(22(15)38)7-17(31)24(33-23)34-5-4-13(32)8-34;/h2-3,6-7,9,11,13,20,26,37H,4-5,8,10,32H2,1H3,(H,40,41);/q;+1/p-1/t11-,13?,20-,26-;/m1./s1. The van der Waals surface area contributed by atoms with Crippen LogP contribution >= 0.6 is 23.5 Å². The average Bonchev–Trinajstić information content (AvgIpc) is 3.53. The summed E-state index contributed by atoms with van der Waals surface area (Å²) in [7, 11) is 0. The van der Waals surface area contributed by atoms with E-state index in [2.05, 4.69) is 4.98 Å². The minimum atomic E-state index is -1.64. The van der Waals surface area contributed by atoms with Crippen LogP contribution in [-0.4, -0.2) is 72.9 Å². The van der Waals surface area contributed by atoms with Crippen molar-refractivity contribution in [2.45, 2.75) is 30.9 Å². The Labute approximate surface area is 283 Å². The van der Waals surface area contributed by atoms with E-state index in [9.17, 15) is 33.8 Å². The summed E-state index contributed by atoms with van der Waals surface area (Å²) in [6.45, 7) is 2.09. The Kier molecular flexibility index (Phi) is 9.48. The van der Waals surface area contributed by atoms with E-state index in [0.29, 0.717) is 37.3 Å². The van der Waals surface area contributed by atoms with Crippen molar-refractivity contribution in [3.8, 4) is 5.69 Å². The molecule has 2 fully saturated rings. The number of aliphatic carboxylic acids is 1. The topological polar surface area (TPSA) is 162 Å². The molecule has 3 aromatic rings. The third-order valence-corrected chi connectivity index (χ3v) is 10.2. The van der Waals surface area contributed by atoms with Crippen molar-refractivity contribution in [1.82, 2.24) is 14.5 Å². The van der Waals surface area contributed by atoms with Gasteiger partial charge in [0.1, 0.15) is 17.0 Å². The number of rotatable bonds is 7. The molecule has 2 aromatic heterocycles. The summed E-state index contributed by atoms with van der Waals surface area (Å²) in [5.41, 5.74) is 3.68. The number of β-lactam (4-membered cyclic amide) rings is 1. The number of aliphatic hydroxyl groups is 1. The van der Waals surface area contributed by atoms with E-state index in [1.54, 1.807) is 4.90 Å². The van der Waals surface area contributed by atoms with E-state index in [-0.39, 0.29) is 68.8 Å². The molecular formula is C28H23F3N5NaO6S2. The molecule has 3 N–H and O–H groups in total. The van der Waals surface area contributed by atoms with Crippen molar-refractivity contribution in [2.75, 3.05) is 23.7 Å². The van der Waals surface area contributed by atoms with Gasteiger partial charge in [-0.3, -0.25) is 23.9 Å². The number of aromatic nitrogens is 2. The van der Waals surface area contributed by atoms with Crippen molar-refractivity contribution in [3.63, 3.8) is 0 Å². The Bertz CT molecular complexity index is 1860. The molecule has 11 nitrogen and oxygen atoms in total. The summed E-state index contributed by atoms with van der Waals surface area (Å²) in [5, 5.41) is 19.9. The average molecular weight is 670 g/mol. The molecule has 1 unspecified atom stereocenters. The Balaban J connectivity index is 0.00000400. The van der Waals surface area contributed by atoms with Crippen LogP contribution in [0.3, 0.4) is 0 Å². The maximum absolute atomic E-state index is 15.3. The van der Waals surface area contributed by atoms with E-state index in [1.807, 2.05) is 0 Å². The van der Waals surface area contributed by atoms with Gasteiger partial charge in [0.25, 0.3) is 0 Å². The molecule has 17 heteroatoms. The van der Waals surface area contributed by atoms with Crippen molar-refractivity contribution in [3.05, 3.63) is 74.3 Å². The second-order valence-electron chi connectivity index (χ2n) is 10.6. The molecular weight excluding hydrogens is 646 g/mol. The molecule has 1 amide bonds. The first-order chi connectivity index (χ1) is 20.9. The third-order valence-electron chi connectivity index (χ3n) is 7.73. The molecule has 3 aliphatic heterocycles. The molecule has 3 aliphatic rings. The molecule has 2 saturated heterocycles. The van der Waals surface area contributed by atoms with E-state index < -0.39 is 68.5 Å². The minimum Gasteiger partial charge on any atom is -0.543 e. The first-order valence-electron chi connectivity index (χ1n) is 13.4. The molecule has 230 valence electrons. The van der Waals surface area contributed by atoms with Crippen LogP contribution in [0, 0.1) is 23.4 Å². The zero-order valence-electron chi connectivity index (χ0n) is 23.8. The quantitative estimate of drug-likeness (QED) is 0.213. The van der Waals surface area contributed by atoms with Crippen LogP contribution in [0.5, 0.6) is 0 Å². The van der Waals surface area contributed by atoms with Gasteiger partial charge in [-0.25, -0.2) is 18.2 Å². The number of thioether (sulfide) groups is 2. The van der Waals surface area contributed by atoms with Crippen molar-refractivity contribution >= 4 is 57.4 Å². The summed E-state index contributed by atoms with van der Waals surface area (Å²) in [4.78, 5) is 58.3. The predicted octanol–water partition coefficient (Wildman–Crippen LogP) is -1.91. The molecule has 45 heavy (non-hydrogen) atoms. The van der Waals surface area contributed by atoms with Crippen molar-refractivity contribution < 1.29 is 67.3 Å². The van der Waals surface area contributed by atoms with Crippen LogP contribution < -0.4 is 50.7 Å². The Morgan fingerprint density at radius 1 is 1.22 bits per heavy atom. The number of pyridine rings is 2. The molecule has 0 radical (unpaired) electrons. The van der Waals surface area contributed by atoms with Gasteiger partial charge in [-0.05, 0) is 31.5 Å². The molecule has 0 spiro atoms. The fourth-order valence-electron chi connectivity index (χ4n) is 5.58. The minimum absolute atomic E-state index is 0. The van der Waals surface area contributed by atoms with E-state index in [4.69, 9.17) is 5.73 Å². The second kappa shape index (κ2) is 12.7. The number of nitrogens with two attached hydrogens (primary N) is 1.